The molecule has 4 nitrogen and oxygen atoms in total. The van der Waals surface area contributed by atoms with Crippen LogP contribution in [0.5, 0.6) is 5.75 Å². The van der Waals surface area contributed by atoms with Crippen molar-refractivity contribution in [3.8, 4) is 17.1 Å². The second-order valence-corrected chi connectivity index (χ2v) is 4.50. The maximum atomic E-state index is 5.66. The second kappa shape index (κ2) is 6.89. The highest BCUT2D eigenvalue weighted by Crippen LogP contribution is 2.28. The van der Waals surface area contributed by atoms with Crippen LogP contribution >= 0.6 is 0 Å². The number of hydrogen-bond donors (Lipinski definition) is 1. The van der Waals surface area contributed by atoms with Gasteiger partial charge in [0.25, 0.3) is 0 Å². The fourth-order valence-corrected chi connectivity index (χ4v) is 2.06. The molecule has 20 heavy (non-hydrogen) atoms. The average Bonchev–Trinajstić information content (AvgIpc) is 2.48. The van der Waals surface area contributed by atoms with Gasteiger partial charge in [0.2, 0.25) is 0 Å². The standard InChI is InChI=1S/C16H21N3O/c1-4-8-12-11-15(17-3)19-16(18-12)13-9-6-7-10-14(13)20-5-2/h6-7,9-11H,4-5,8H2,1-3H3,(H,17,18,19). The van der Waals surface area contributed by atoms with E-state index in [1.807, 2.05) is 44.3 Å². The predicted molar refractivity (Wildman–Crippen MR) is 82.2 cm³/mol. The summed E-state index contributed by atoms with van der Waals surface area (Å²) in [6.45, 7) is 4.75. The molecule has 1 heterocycles. The lowest BCUT2D eigenvalue weighted by atomic mass is 10.1. The van der Waals surface area contributed by atoms with Crippen molar-refractivity contribution in [1.29, 1.82) is 0 Å². The van der Waals surface area contributed by atoms with Crippen molar-refractivity contribution in [3.63, 3.8) is 0 Å². The van der Waals surface area contributed by atoms with Crippen molar-refractivity contribution < 1.29 is 4.74 Å². The van der Waals surface area contributed by atoms with E-state index in [1.165, 1.54) is 0 Å². The number of nitrogens with one attached hydrogen (secondary N) is 1. The minimum Gasteiger partial charge on any atom is -0.493 e. The normalized spacial score (nSPS) is 10.3. The van der Waals surface area contributed by atoms with Gasteiger partial charge in [0.05, 0.1) is 12.2 Å². The molecular weight excluding hydrogens is 250 g/mol. The van der Waals surface area contributed by atoms with E-state index >= 15 is 0 Å². The smallest absolute Gasteiger partial charge is 0.165 e. The summed E-state index contributed by atoms with van der Waals surface area (Å²) in [4.78, 5) is 9.20. The van der Waals surface area contributed by atoms with Gasteiger partial charge in [-0.1, -0.05) is 25.5 Å². The van der Waals surface area contributed by atoms with Crippen LogP contribution in [0.4, 0.5) is 5.82 Å². The fraction of sp³-hybridized carbons (Fsp3) is 0.375. The Hall–Kier alpha value is -2.10. The van der Waals surface area contributed by atoms with Gasteiger partial charge in [-0.05, 0) is 25.5 Å². The van der Waals surface area contributed by atoms with Gasteiger partial charge in [-0.3, -0.25) is 0 Å². The highest BCUT2D eigenvalue weighted by Gasteiger charge is 2.11. The summed E-state index contributed by atoms with van der Waals surface area (Å²) in [5.74, 6) is 2.37. The van der Waals surface area contributed by atoms with Crippen molar-refractivity contribution >= 4 is 5.82 Å². The van der Waals surface area contributed by atoms with E-state index < -0.39 is 0 Å². The molecule has 1 aromatic carbocycles. The Labute approximate surface area is 120 Å². The first-order chi connectivity index (χ1) is 9.78. The molecule has 0 saturated carbocycles. The third kappa shape index (κ3) is 3.26. The van der Waals surface area contributed by atoms with Gasteiger partial charge < -0.3 is 10.1 Å². The number of aryl methyl sites for hydroxylation is 1. The van der Waals surface area contributed by atoms with E-state index in [2.05, 4.69) is 22.2 Å². The zero-order valence-corrected chi connectivity index (χ0v) is 12.3. The van der Waals surface area contributed by atoms with Crippen molar-refractivity contribution in [2.75, 3.05) is 19.0 Å². The van der Waals surface area contributed by atoms with E-state index in [0.29, 0.717) is 12.4 Å². The Balaban J connectivity index is 2.48. The molecule has 1 N–H and O–H groups in total. The van der Waals surface area contributed by atoms with Crippen molar-refractivity contribution in [3.05, 3.63) is 36.0 Å². The molecule has 0 aliphatic heterocycles. The highest BCUT2D eigenvalue weighted by atomic mass is 16.5. The molecular formula is C16H21N3O. The third-order valence-corrected chi connectivity index (χ3v) is 2.97. The summed E-state index contributed by atoms with van der Waals surface area (Å²) in [7, 11) is 1.87. The number of ether oxygens (including phenoxy) is 1. The van der Waals surface area contributed by atoms with Crippen LogP contribution in [0.15, 0.2) is 30.3 Å². The van der Waals surface area contributed by atoms with E-state index in [0.717, 1.165) is 35.7 Å². The SMILES string of the molecule is CCCc1cc(NC)nc(-c2ccccc2OCC)n1. The summed E-state index contributed by atoms with van der Waals surface area (Å²) >= 11 is 0. The molecule has 0 spiro atoms. The predicted octanol–water partition coefficient (Wildman–Crippen LogP) is 3.54. The van der Waals surface area contributed by atoms with Crippen LogP contribution < -0.4 is 10.1 Å². The molecule has 4 heteroatoms. The molecule has 0 fully saturated rings. The number of rotatable bonds is 6. The molecule has 0 radical (unpaired) electrons. The van der Waals surface area contributed by atoms with E-state index in [4.69, 9.17) is 4.74 Å². The molecule has 106 valence electrons. The molecule has 0 amide bonds. The van der Waals surface area contributed by atoms with E-state index in [1.54, 1.807) is 0 Å². The largest absolute Gasteiger partial charge is 0.493 e. The molecule has 0 aliphatic rings. The first-order valence-electron chi connectivity index (χ1n) is 7.06. The zero-order valence-electron chi connectivity index (χ0n) is 12.3. The minimum absolute atomic E-state index is 0.630. The van der Waals surface area contributed by atoms with E-state index in [-0.39, 0.29) is 0 Å². The maximum Gasteiger partial charge on any atom is 0.165 e. The maximum absolute atomic E-state index is 5.66. The highest BCUT2D eigenvalue weighted by molar-refractivity contribution is 5.65. The Bertz CT molecular complexity index is 569. The number of benzene rings is 1. The number of aromatic nitrogens is 2. The topological polar surface area (TPSA) is 47.0 Å². The minimum atomic E-state index is 0.630. The van der Waals surface area contributed by atoms with Crippen LogP contribution in [0.25, 0.3) is 11.4 Å². The summed E-state index contributed by atoms with van der Waals surface area (Å²) < 4.78 is 5.66. The first kappa shape index (κ1) is 14.3. The van der Waals surface area contributed by atoms with E-state index in [9.17, 15) is 0 Å². The van der Waals surface area contributed by atoms with Crippen molar-refractivity contribution in [2.24, 2.45) is 0 Å². The van der Waals surface area contributed by atoms with Crippen LogP contribution in [0.3, 0.4) is 0 Å². The van der Waals surface area contributed by atoms with Gasteiger partial charge in [0.1, 0.15) is 11.6 Å². The van der Waals surface area contributed by atoms with Gasteiger partial charge in [-0.15, -0.1) is 0 Å². The molecule has 0 saturated heterocycles. The zero-order chi connectivity index (χ0) is 14.4. The Morgan fingerprint density at radius 1 is 1.15 bits per heavy atom. The summed E-state index contributed by atoms with van der Waals surface area (Å²) in [6.07, 6.45) is 2.01. The molecule has 1 aromatic heterocycles. The lowest BCUT2D eigenvalue weighted by Crippen LogP contribution is -2.02. The lowest BCUT2D eigenvalue weighted by Gasteiger charge is -2.11. The molecule has 2 rings (SSSR count). The van der Waals surface area contributed by atoms with Crippen LogP contribution in [0, 0.1) is 0 Å². The second-order valence-electron chi connectivity index (χ2n) is 4.50. The number of anilines is 1. The van der Waals surface area contributed by atoms with Crippen LogP contribution in [0.1, 0.15) is 26.0 Å². The van der Waals surface area contributed by atoms with Crippen LogP contribution in [-0.4, -0.2) is 23.6 Å². The number of para-hydroxylation sites is 1. The fourth-order valence-electron chi connectivity index (χ4n) is 2.06. The molecule has 0 bridgehead atoms. The van der Waals surface area contributed by atoms with Crippen LogP contribution in [-0.2, 0) is 6.42 Å². The van der Waals surface area contributed by atoms with Gasteiger partial charge in [-0.25, -0.2) is 9.97 Å². The van der Waals surface area contributed by atoms with Gasteiger partial charge in [0, 0.05) is 18.8 Å². The van der Waals surface area contributed by atoms with Crippen molar-refractivity contribution in [2.45, 2.75) is 26.7 Å². The third-order valence-electron chi connectivity index (χ3n) is 2.97. The molecule has 0 atom stereocenters. The quantitative estimate of drug-likeness (QED) is 0.873. The van der Waals surface area contributed by atoms with Gasteiger partial charge in [0.15, 0.2) is 5.82 Å². The van der Waals surface area contributed by atoms with Crippen LogP contribution in [0.2, 0.25) is 0 Å². The summed E-state index contributed by atoms with van der Waals surface area (Å²) in [5.41, 5.74) is 1.98. The first-order valence-corrected chi connectivity index (χ1v) is 7.06. The Morgan fingerprint density at radius 3 is 2.65 bits per heavy atom. The van der Waals surface area contributed by atoms with Gasteiger partial charge in [-0.2, -0.15) is 0 Å². The molecule has 2 aromatic rings. The number of nitrogens with zero attached hydrogens (tertiary/aromatic N) is 2. The average molecular weight is 271 g/mol. The monoisotopic (exact) mass is 271 g/mol. The Morgan fingerprint density at radius 2 is 1.95 bits per heavy atom. The summed E-state index contributed by atoms with van der Waals surface area (Å²) in [6, 6.07) is 9.88. The lowest BCUT2D eigenvalue weighted by molar-refractivity contribution is 0.341. The summed E-state index contributed by atoms with van der Waals surface area (Å²) in [5, 5.41) is 3.10. The Kier molecular flexibility index (Phi) is 4.93. The molecule has 0 aliphatic carbocycles. The van der Waals surface area contributed by atoms with Crippen molar-refractivity contribution in [1.82, 2.24) is 9.97 Å². The molecule has 0 unspecified atom stereocenters. The van der Waals surface area contributed by atoms with Gasteiger partial charge >= 0.3 is 0 Å². The number of hydrogen-bond acceptors (Lipinski definition) is 4.